The molecule has 0 fully saturated rings. The number of amides is 1. The predicted molar refractivity (Wildman–Crippen MR) is 150 cm³/mol. The molecule has 0 spiro atoms. The molecule has 0 bridgehead atoms. The topological polar surface area (TPSA) is 89.1 Å². The summed E-state index contributed by atoms with van der Waals surface area (Å²) in [5.41, 5.74) is 1.21. The summed E-state index contributed by atoms with van der Waals surface area (Å²) in [6, 6.07) is 11.3. The van der Waals surface area contributed by atoms with Crippen LogP contribution in [0.4, 0.5) is 0 Å². The summed E-state index contributed by atoms with van der Waals surface area (Å²) in [7, 11) is 0. The number of rotatable bonds is 13. The van der Waals surface area contributed by atoms with Gasteiger partial charge in [-0.1, -0.05) is 49.3 Å². The van der Waals surface area contributed by atoms with E-state index in [2.05, 4.69) is 39.2 Å². The van der Waals surface area contributed by atoms with E-state index in [1.54, 1.807) is 11.6 Å². The molecule has 1 amide bonds. The van der Waals surface area contributed by atoms with Crippen LogP contribution in [0.2, 0.25) is 5.02 Å². The Hall–Kier alpha value is -2.66. The average Bonchev–Trinajstić information content (AvgIpc) is 3.66. The molecule has 1 N–H and O–H groups in total. The summed E-state index contributed by atoms with van der Waals surface area (Å²) in [6.45, 7) is 9.54. The van der Waals surface area contributed by atoms with Gasteiger partial charge in [-0.25, -0.2) is 4.98 Å². The van der Waals surface area contributed by atoms with Crippen LogP contribution in [-0.2, 0) is 5.75 Å². The molecule has 4 aromatic rings. The fourth-order valence-corrected chi connectivity index (χ4v) is 5.87. The first-order chi connectivity index (χ1) is 18.0. The van der Waals surface area contributed by atoms with Crippen LogP contribution in [0.15, 0.2) is 57.6 Å². The zero-order valence-corrected chi connectivity index (χ0v) is 23.6. The standard InChI is InChI=1S/C26H31ClN6O2S2/c1-4-32(5-2)14-8-10-18(3)28-25(34)20-16-36-23(29-20)17-37-26-31-30-24(22-13-9-15-35-22)33(26)21-12-7-6-11-19(21)27/h6-7,9,11-13,15-16,18H,4-5,8,10,14,17H2,1-3H3,(H,28,34). The van der Waals surface area contributed by atoms with Crippen molar-refractivity contribution < 1.29 is 9.21 Å². The first-order valence-corrected chi connectivity index (χ1v) is 14.6. The lowest BCUT2D eigenvalue weighted by Crippen LogP contribution is -2.33. The molecule has 37 heavy (non-hydrogen) atoms. The van der Waals surface area contributed by atoms with Gasteiger partial charge in [0, 0.05) is 11.4 Å². The molecule has 3 heterocycles. The van der Waals surface area contributed by atoms with Crippen molar-refractivity contribution in [2.24, 2.45) is 0 Å². The Morgan fingerprint density at radius 2 is 2.03 bits per heavy atom. The van der Waals surface area contributed by atoms with E-state index in [1.165, 1.54) is 23.1 Å². The summed E-state index contributed by atoms with van der Waals surface area (Å²) < 4.78 is 7.46. The van der Waals surface area contributed by atoms with E-state index in [1.807, 2.05) is 47.9 Å². The molecule has 11 heteroatoms. The van der Waals surface area contributed by atoms with Crippen molar-refractivity contribution in [3.05, 3.63) is 63.8 Å². The molecule has 0 radical (unpaired) electrons. The van der Waals surface area contributed by atoms with Gasteiger partial charge in [0.25, 0.3) is 5.91 Å². The normalized spacial score (nSPS) is 12.2. The number of furan rings is 1. The Morgan fingerprint density at radius 1 is 1.22 bits per heavy atom. The molecule has 0 saturated heterocycles. The lowest BCUT2D eigenvalue weighted by Gasteiger charge is -2.19. The second-order valence-electron chi connectivity index (χ2n) is 8.53. The minimum absolute atomic E-state index is 0.0942. The first kappa shape index (κ1) is 27.4. The second-order valence-corrected chi connectivity index (χ2v) is 10.8. The highest BCUT2D eigenvalue weighted by atomic mass is 35.5. The SMILES string of the molecule is CCN(CC)CCCC(C)NC(=O)c1csc(CSc2nnc(-c3ccco3)n2-c2ccccc2Cl)n1. The van der Waals surface area contributed by atoms with Crippen molar-refractivity contribution in [1.29, 1.82) is 0 Å². The Balaban J connectivity index is 1.40. The minimum Gasteiger partial charge on any atom is -0.461 e. The summed E-state index contributed by atoms with van der Waals surface area (Å²) in [6.07, 6.45) is 3.58. The summed E-state index contributed by atoms with van der Waals surface area (Å²) >= 11 is 9.45. The third kappa shape index (κ3) is 7.01. The molecular formula is C26H31ClN6O2S2. The highest BCUT2D eigenvalue weighted by molar-refractivity contribution is 7.98. The Labute approximate surface area is 230 Å². The quantitative estimate of drug-likeness (QED) is 0.196. The van der Waals surface area contributed by atoms with Gasteiger partial charge in [0.15, 0.2) is 10.9 Å². The summed E-state index contributed by atoms with van der Waals surface area (Å²) in [5, 5.41) is 15.7. The molecule has 1 unspecified atom stereocenters. The zero-order valence-electron chi connectivity index (χ0n) is 21.2. The van der Waals surface area contributed by atoms with Gasteiger partial charge in [-0.2, -0.15) is 0 Å². The van der Waals surface area contributed by atoms with E-state index in [0.29, 0.717) is 33.2 Å². The van der Waals surface area contributed by atoms with Crippen LogP contribution in [-0.4, -0.2) is 56.2 Å². The van der Waals surface area contributed by atoms with E-state index >= 15 is 0 Å². The molecule has 1 atom stereocenters. The van der Waals surface area contributed by atoms with E-state index in [9.17, 15) is 4.79 Å². The molecule has 3 aromatic heterocycles. The maximum Gasteiger partial charge on any atom is 0.270 e. The van der Waals surface area contributed by atoms with Crippen LogP contribution >= 0.6 is 34.7 Å². The van der Waals surface area contributed by atoms with Gasteiger partial charge < -0.3 is 14.6 Å². The van der Waals surface area contributed by atoms with E-state index < -0.39 is 0 Å². The molecule has 0 saturated carbocycles. The molecule has 0 aliphatic carbocycles. The number of thioether (sulfide) groups is 1. The van der Waals surface area contributed by atoms with Crippen LogP contribution < -0.4 is 5.32 Å². The number of nitrogens with zero attached hydrogens (tertiary/aromatic N) is 5. The Kier molecular flexibility index (Phi) is 9.79. The number of benzene rings is 1. The molecule has 1 aromatic carbocycles. The highest BCUT2D eigenvalue weighted by Gasteiger charge is 2.21. The average molecular weight is 559 g/mol. The van der Waals surface area contributed by atoms with E-state index in [-0.39, 0.29) is 11.9 Å². The second kappa shape index (κ2) is 13.2. The lowest BCUT2D eigenvalue weighted by atomic mass is 10.1. The number of halogens is 1. The minimum atomic E-state index is -0.137. The van der Waals surface area contributed by atoms with Gasteiger partial charge in [0.1, 0.15) is 10.7 Å². The largest absolute Gasteiger partial charge is 0.461 e. The predicted octanol–water partition coefficient (Wildman–Crippen LogP) is 6.17. The Morgan fingerprint density at radius 3 is 2.76 bits per heavy atom. The molecule has 0 aliphatic rings. The van der Waals surface area contributed by atoms with Crippen molar-refractivity contribution >= 4 is 40.6 Å². The molecule has 8 nitrogen and oxygen atoms in total. The fraction of sp³-hybridized carbons (Fsp3) is 0.385. The molecule has 0 aliphatic heterocycles. The van der Waals surface area contributed by atoms with E-state index in [0.717, 1.165) is 43.2 Å². The van der Waals surface area contributed by atoms with Gasteiger partial charge >= 0.3 is 0 Å². The number of thiazole rings is 1. The number of carbonyl (C=O) groups is 1. The number of nitrogens with one attached hydrogen (secondary N) is 1. The smallest absolute Gasteiger partial charge is 0.270 e. The molecular weight excluding hydrogens is 528 g/mol. The zero-order chi connectivity index (χ0) is 26.2. The number of hydrogen-bond donors (Lipinski definition) is 1. The van der Waals surface area contributed by atoms with Crippen molar-refractivity contribution in [2.75, 3.05) is 19.6 Å². The summed E-state index contributed by atoms with van der Waals surface area (Å²) in [4.78, 5) is 19.7. The van der Waals surface area contributed by atoms with Crippen LogP contribution in [0.3, 0.4) is 0 Å². The first-order valence-electron chi connectivity index (χ1n) is 12.3. The van der Waals surface area contributed by atoms with Crippen molar-refractivity contribution in [3.8, 4) is 17.3 Å². The lowest BCUT2D eigenvalue weighted by molar-refractivity contribution is 0.0932. The van der Waals surface area contributed by atoms with E-state index in [4.69, 9.17) is 16.0 Å². The maximum absolute atomic E-state index is 12.7. The Bertz CT molecular complexity index is 1290. The number of aromatic nitrogens is 4. The number of hydrogen-bond acceptors (Lipinski definition) is 8. The van der Waals surface area contributed by atoms with Gasteiger partial charge in [0.05, 0.1) is 22.7 Å². The maximum atomic E-state index is 12.7. The number of carbonyl (C=O) groups excluding carboxylic acids is 1. The van der Waals surface area contributed by atoms with Crippen LogP contribution in [0.25, 0.3) is 17.3 Å². The van der Waals surface area contributed by atoms with Crippen molar-refractivity contribution in [3.63, 3.8) is 0 Å². The fourth-order valence-electron chi connectivity index (χ4n) is 3.92. The van der Waals surface area contributed by atoms with Gasteiger partial charge in [-0.05, 0) is 63.7 Å². The van der Waals surface area contributed by atoms with Crippen LogP contribution in [0.1, 0.15) is 49.1 Å². The van der Waals surface area contributed by atoms with Crippen molar-refractivity contribution in [2.45, 2.75) is 50.6 Å². The number of para-hydroxylation sites is 1. The summed E-state index contributed by atoms with van der Waals surface area (Å²) in [5.74, 6) is 1.56. The van der Waals surface area contributed by atoms with Crippen molar-refractivity contribution in [1.82, 2.24) is 30.0 Å². The molecule has 4 rings (SSSR count). The van der Waals surface area contributed by atoms with Crippen LogP contribution in [0, 0.1) is 0 Å². The highest BCUT2D eigenvalue weighted by Crippen LogP contribution is 2.33. The van der Waals surface area contributed by atoms with Gasteiger partial charge in [0.2, 0.25) is 5.82 Å². The third-order valence-corrected chi connectivity index (χ3v) is 8.25. The third-order valence-electron chi connectivity index (χ3n) is 5.96. The van der Waals surface area contributed by atoms with Gasteiger partial charge in [-0.15, -0.1) is 21.5 Å². The van der Waals surface area contributed by atoms with Crippen LogP contribution in [0.5, 0.6) is 0 Å². The monoisotopic (exact) mass is 558 g/mol. The molecule has 196 valence electrons. The van der Waals surface area contributed by atoms with Gasteiger partial charge in [-0.3, -0.25) is 9.36 Å².